The zero-order valence-corrected chi connectivity index (χ0v) is 10.6. The van der Waals surface area contributed by atoms with Gasteiger partial charge in [0.25, 0.3) is 10.0 Å². The van der Waals surface area contributed by atoms with E-state index >= 15 is 0 Å². The van der Waals surface area contributed by atoms with Crippen LogP contribution >= 0.6 is 0 Å². The number of nitrogens with one attached hydrogen (secondary N) is 1. The Balaban J connectivity index is 2.45. The van der Waals surface area contributed by atoms with Crippen LogP contribution in [-0.4, -0.2) is 18.2 Å². The molecule has 0 spiro atoms. The number of nitrogens with two attached hydrogens (primary N) is 1. The summed E-state index contributed by atoms with van der Waals surface area (Å²) in [6, 6.07) is 1.55. The number of benzene rings is 1. The number of sulfonamides is 1. The van der Waals surface area contributed by atoms with Gasteiger partial charge in [0.05, 0.1) is 11.9 Å². The predicted octanol–water partition coefficient (Wildman–Crippen LogP) is 1.08. The second-order valence-corrected chi connectivity index (χ2v) is 5.47. The first-order valence-corrected chi connectivity index (χ1v) is 6.54. The molecule has 0 aliphatic rings. The largest absolute Gasteiger partial charge is 0.399 e. The van der Waals surface area contributed by atoms with E-state index in [1.165, 1.54) is 17.1 Å². The van der Waals surface area contributed by atoms with E-state index in [4.69, 9.17) is 5.73 Å². The summed E-state index contributed by atoms with van der Waals surface area (Å²) >= 11 is 0. The molecule has 2 rings (SSSR count). The predicted molar refractivity (Wildman–Crippen MR) is 64.8 cm³/mol. The van der Waals surface area contributed by atoms with Crippen molar-refractivity contribution in [2.45, 2.75) is 4.90 Å². The Labute approximate surface area is 107 Å². The zero-order valence-electron chi connectivity index (χ0n) is 9.76. The van der Waals surface area contributed by atoms with Crippen molar-refractivity contribution in [2.24, 2.45) is 7.05 Å². The summed E-state index contributed by atoms with van der Waals surface area (Å²) in [5.41, 5.74) is 5.25. The SMILES string of the molecule is Cn1cc(NS(=O)(=O)c2cc(N)cc(F)c2F)cn1. The minimum atomic E-state index is -4.27. The van der Waals surface area contributed by atoms with E-state index < -0.39 is 26.6 Å². The number of hydrogen-bond acceptors (Lipinski definition) is 4. The maximum Gasteiger partial charge on any atom is 0.265 e. The number of nitrogens with zero attached hydrogens (tertiary/aromatic N) is 2. The first kappa shape index (κ1) is 13.3. The number of nitrogen functional groups attached to an aromatic ring is 1. The highest BCUT2D eigenvalue weighted by molar-refractivity contribution is 7.92. The number of hydrogen-bond donors (Lipinski definition) is 2. The van der Waals surface area contributed by atoms with Crippen LogP contribution in [0.2, 0.25) is 0 Å². The van der Waals surface area contributed by atoms with Crippen molar-refractivity contribution in [3.8, 4) is 0 Å². The highest BCUT2D eigenvalue weighted by Gasteiger charge is 2.23. The van der Waals surface area contributed by atoms with E-state index in [1.807, 2.05) is 0 Å². The molecule has 0 unspecified atom stereocenters. The summed E-state index contributed by atoms with van der Waals surface area (Å²) in [5, 5.41) is 3.75. The molecule has 6 nitrogen and oxygen atoms in total. The summed E-state index contributed by atoms with van der Waals surface area (Å²) in [5.74, 6) is -2.81. The van der Waals surface area contributed by atoms with Crippen molar-refractivity contribution in [1.29, 1.82) is 0 Å². The standard InChI is InChI=1S/C10H10F2N4O2S/c1-16-5-7(4-14-16)15-19(17,18)9-3-6(13)2-8(11)10(9)12/h2-5,15H,13H2,1H3. The van der Waals surface area contributed by atoms with Gasteiger partial charge in [-0.3, -0.25) is 9.40 Å². The maximum absolute atomic E-state index is 13.5. The Morgan fingerprint density at radius 2 is 2.05 bits per heavy atom. The molecule has 1 aromatic heterocycles. The second kappa shape index (κ2) is 4.50. The summed E-state index contributed by atoms with van der Waals surface area (Å²) in [7, 11) is -2.69. The summed E-state index contributed by atoms with van der Waals surface area (Å²) in [4.78, 5) is -0.853. The van der Waals surface area contributed by atoms with Gasteiger partial charge in [0, 0.05) is 18.9 Å². The summed E-state index contributed by atoms with van der Waals surface area (Å²) < 4.78 is 53.9. The third-order valence-corrected chi connectivity index (χ3v) is 3.64. The van der Waals surface area contributed by atoms with Crippen molar-refractivity contribution >= 4 is 21.4 Å². The molecule has 1 aromatic carbocycles. The lowest BCUT2D eigenvalue weighted by Crippen LogP contribution is -2.15. The Morgan fingerprint density at radius 3 is 2.63 bits per heavy atom. The van der Waals surface area contributed by atoms with E-state index in [0.29, 0.717) is 6.07 Å². The van der Waals surface area contributed by atoms with Crippen LogP contribution < -0.4 is 10.5 Å². The van der Waals surface area contributed by atoms with Crippen LogP contribution in [0.1, 0.15) is 0 Å². The van der Waals surface area contributed by atoms with Crippen LogP contribution in [0.5, 0.6) is 0 Å². The van der Waals surface area contributed by atoms with Crippen molar-refractivity contribution in [1.82, 2.24) is 9.78 Å². The molecule has 0 bridgehead atoms. The zero-order chi connectivity index (χ0) is 14.2. The fourth-order valence-corrected chi connectivity index (χ4v) is 2.61. The van der Waals surface area contributed by atoms with Crippen molar-refractivity contribution < 1.29 is 17.2 Å². The maximum atomic E-state index is 13.5. The van der Waals surface area contributed by atoms with Gasteiger partial charge in [-0.1, -0.05) is 0 Å². The fourth-order valence-electron chi connectivity index (χ4n) is 1.46. The second-order valence-electron chi connectivity index (χ2n) is 3.82. The van der Waals surface area contributed by atoms with Crippen LogP contribution in [0.4, 0.5) is 20.2 Å². The van der Waals surface area contributed by atoms with Gasteiger partial charge in [-0.2, -0.15) is 5.10 Å². The third-order valence-electron chi connectivity index (χ3n) is 2.26. The number of aryl methyl sites for hydroxylation is 1. The normalized spacial score (nSPS) is 11.5. The average Bonchev–Trinajstić information content (AvgIpc) is 2.68. The lowest BCUT2D eigenvalue weighted by molar-refractivity contribution is 0.486. The number of aromatic nitrogens is 2. The van der Waals surface area contributed by atoms with Crippen LogP contribution in [0.25, 0.3) is 0 Å². The molecule has 3 N–H and O–H groups in total. The number of rotatable bonds is 3. The molecular weight excluding hydrogens is 278 g/mol. The topological polar surface area (TPSA) is 90.0 Å². The molecule has 102 valence electrons. The smallest absolute Gasteiger partial charge is 0.265 e. The van der Waals surface area contributed by atoms with E-state index in [0.717, 1.165) is 6.07 Å². The monoisotopic (exact) mass is 288 g/mol. The van der Waals surface area contributed by atoms with Crippen LogP contribution in [0, 0.1) is 11.6 Å². The van der Waals surface area contributed by atoms with Crippen LogP contribution in [-0.2, 0) is 17.1 Å². The molecule has 0 amide bonds. The van der Waals surface area contributed by atoms with Gasteiger partial charge in [-0.05, 0) is 12.1 Å². The van der Waals surface area contributed by atoms with E-state index in [9.17, 15) is 17.2 Å². The molecule has 9 heteroatoms. The van der Waals surface area contributed by atoms with Gasteiger partial charge < -0.3 is 5.73 Å². The highest BCUT2D eigenvalue weighted by Crippen LogP contribution is 2.23. The quantitative estimate of drug-likeness (QED) is 0.827. The molecule has 0 saturated carbocycles. The molecule has 0 fully saturated rings. The van der Waals surface area contributed by atoms with Gasteiger partial charge in [-0.15, -0.1) is 0 Å². The molecule has 0 aliphatic heterocycles. The van der Waals surface area contributed by atoms with Gasteiger partial charge in [0.1, 0.15) is 4.90 Å². The Bertz CT molecular complexity index is 727. The third kappa shape index (κ3) is 2.65. The van der Waals surface area contributed by atoms with E-state index in [2.05, 4.69) is 9.82 Å². The first-order valence-electron chi connectivity index (χ1n) is 5.05. The molecular formula is C10H10F2N4O2S. The highest BCUT2D eigenvalue weighted by atomic mass is 32.2. The Hall–Kier alpha value is -2.16. The molecule has 0 aliphatic carbocycles. The van der Waals surface area contributed by atoms with Gasteiger partial charge in [-0.25, -0.2) is 17.2 Å². The summed E-state index contributed by atoms with van der Waals surface area (Å²) in [6.07, 6.45) is 2.61. The van der Waals surface area contributed by atoms with Crippen LogP contribution in [0.15, 0.2) is 29.4 Å². The molecule has 1 heterocycles. The average molecular weight is 288 g/mol. The minimum Gasteiger partial charge on any atom is -0.399 e. The van der Waals surface area contributed by atoms with Crippen LogP contribution in [0.3, 0.4) is 0 Å². The molecule has 0 saturated heterocycles. The molecule has 2 aromatic rings. The Kier molecular flexibility index (Phi) is 3.14. The summed E-state index contributed by atoms with van der Waals surface area (Å²) in [6.45, 7) is 0. The molecule has 19 heavy (non-hydrogen) atoms. The first-order chi connectivity index (χ1) is 8.79. The Morgan fingerprint density at radius 1 is 1.37 bits per heavy atom. The van der Waals surface area contributed by atoms with Crippen molar-refractivity contribution in [3.63, 3.8) is 0 Å². The van der Waals surface area contributed by atoms with E-state index in [-0.39, 0.29) is 11.4 Å². The van der Waals surface area contributed by atoms with Gasteiger partial charge >= 0.3 is 0 Å². The fraction of sp³-hybridized carbons (Fsp3) is 0.100. The number of halogens is 2. The lowest BCUT2D eigenvalue weighted by Gasteiger charge is -2.08. The lowest BCUT2D eigenvalue weighted by atomic mass is 10.3. The number of anilines is 2. The molecule has 0 atom stereocenters. The molecule has 0 radical (unpaired) electrons. The van der Waals surface area contributed by atoms with Crippen molar-refractivity contribution in [2.75, 3.05) is 10.5 Å². The van der Waals surface area contributed by atoms with Crippen molar-refractivity contribution in [3.05, 3.63) is 36.2 Å². The minimum absolute atomic E-state index is 0.129. The van der Waals surface area contributed by atoms with E-state index in [1.54, 1.807) is 7.05 Å². The van der Waals surface area contributed by atoms with Gasteiger partial charge in [0.2, 0.25) is 0 Å². The van der Waals surface area contributed by atoms with Gasteiger partial charge in [0.15, 0.2) is 11.6 Å².